The molecule has 2 heterocycles. The summed E-state index contributed by atoms with van der Waals surface area (Å²) in [5.41, 5.74) is 1.49. The molecule has 2 aliphatic rings. The molecular formula is C21H28N2O4. The van der Waals surface area contributed by atoms with Gasteiger partial charge in [-0.05, 0) is 37.8 Å². The molecule has 1 aromatic heterocycles. The number of aromatic nitrogens is 1. The van der Waals surface area contributed by atoms with Crippen LogP contribution in [0.3, 0.4) is 0 Å². The number of carbonyl (C=O) groups is 1. The molecule has 27 heavy (non-hydrogen) atoms. The molecule has 1 aromatic carbocycles. The van der Waals surface area contributed by atoms with Gasteiger partial charge in [-0.2, -0.15) is 0 Å². The van der Waals surface area contributed by atoms with E-state index < -0.39 is 0 Å². The molecule has 3 atom stereocenters. The van der Waals surface area contributed by atoms with Gasteiger partial charge in [0.05, 0.1) is 31.0 Å². The van der Waals surface area contributed by atoms with Gasteiger partial charge in [0.15, 0.2) is 0 Å². The van der Waals surface area contributed by atoms with Crippen LogP contribution >= 0.6 is 0 Å². The summed E-state index contributed by atoms with van der Waals surface area (Å²) in [6.45, 7) is 1.06. The SMILES string of the molecule is CO[C@@]12CCC(OCCO)CC1N(C(=O)c1cc3ccccc3n1C)CC2. The summed E-state index contributed by atoms with van der Waals surface area (Å²) in [6.07, 6.45) is 3.45. The van der Waals surface area contributed by atoms with Crippen LogP contribution in [0.25, 0.3) is 10.9 Å². The number of hydrogen-bond acceptors (Lipinski definition) is 4. The molecule has 1 aliphatic heterocycles. The maximum Gasteiger partial charge on any atom is 0.270 e. The van der Waals surface area contributed by atoms with Gasteiger partial charge in [0.2, 0.25) is 0 Å². The number of nitrogens with zero attached hydrogens (tertiary/aromatic N) is 2. The molecule has 4 rings (SSSR count). The average molecular weight is 372 g/mol. The Bertz CT molecular complexity index is 833. The molecule has 146 valence electrons. The molecule has 6 nitrogen and oxygen atoms in total. The van der Waals surface area contributed by atoms with Crippen molar-refractivity contribution in [3.8, 4) is 0 Å². The number of methoxy groups -OCH3 is 1. The van der Waals surface area contributed by atoms with Gasteiger partial charge in [-0.1, -0.05) is 18.2 Å². The highest BCUT2D eigenvalue weighted by molar-refractivity contribution is 5.99. The molecule has 6 heteroatoms. The van der Waals surface area contributed by atoms with Crippen LogP contribution in [0.4, 0.5) is 0 Å². The molecule has 0 radical (unpaired) electrons. The average Bonchev–Trinajstić information content (AvgIpc) is 3.24. The van der Waals surface area contributed by atoms with Gasteiger partial charge >= 0.3 is 0 Å². The van der Waals surface area contributed by atoms with Crippen molar-refractivity contribution >= 4 is 16.8 Å². The second kappa shape index (κ2) is 7.26. The molecule has 1 saturated heterocycles. The standard InChI is InChI=1S/C21H28N2O4/c1-22-17-6-4-3-5-15(17)13-18(22)20(25)23-10-9-21(26-2)8-7-16(14-19(21)23)27-12-11-24/h3-6,13,16,19,24H,7-12,14H2,1-2H3/t16?,19?,21-/m1/s1. The van der Waals surface area contributed by atoms with E-state index in [2.05, 4.69) is 0 Å². The van der Waals surface area contributed by atoms with E-state index in [1.807, 2.05) is 46.8 Å². The molecule has 2 fully saturated rings. The number of amides is 1. The Hall–Kier alpha value is -1.89. The van der Waals surface area contributed by atoms with E-state index in [1.165, 1.54) is 0 Å². The maximum absolute atomic E-state index is 13.4. The summed E-state index contributed by atoms with van der Waals surface area (Å²) < 4.78 is 13.7. The van der Waals surface area contributed by atoms with Crippen molar-refractivity contribution in [2.45, 2.75) is 43.4 Å². The van der Waals surface area contributed by atoms with E-state index in [9.17, 15) is 4.79 Å². The molecule has 1 aliphatic carbocycles. The van der Waals surface area contributed by atoms with Gasteiger partial charge in [0.1, 0.15) is 5.69 Å². The molecule has 1 N–H and O–H groups in total. The lowest BCUT2D eigenvalue weighted by Crippen LogP contribution is -2.53. The van der Waals surface area contributed by atoms with Crippen molar-refractivity contribution < 1.29 is 19.4 Å². The summed E-state index contributed by atoms with van der Waals surface area (Å²) in [5, 5.41) is 10.1. The van der Waals surface area contributed by atoms with Crippen LogP contribution in [0, 0.1) is 0 Å². The minimum absolute atomic E-state index is 0.00505. The highest BCUT2D eigenvalue weighted by atomic mass is 16.5. The summed E-state index contributed by atoms with van der Waals surface area (Å²) >= 11 is 0. The summed E-state index contributed by atoms with van der Waals surface area (Å²) in [6, 6.07) is 10.0. The summed E-state index contributed by atoms with van der Waals surface area (Å²) in [4.78, 5) is 15.4. The maximum atomic E-state index is 13.4. The monoisotopic (exact) mass is 372 g/mol. The van der Waals surface area contributed by atoms with Crippen molar-refractivity contribution in [1.82, 2.24) is 9.47 Å². The number of aryl methyl sites for hydroxylation is 1. The van der Waals surface area contributed by atoms with E-state index in [1.54, 1.807) is 7.11 Å². The lowest BCUT2D eigenvalue weighted by molar-refractivity contribution is -0.0992. The van der Waals surface area contributed by atoms with Gasteiger partial charge in [0, 0.05) is 31.6 Å². The highest BCUT2D eigenvalue weighted by Gasteiger charge is 2.53. The first-order valence-corrected chi connectivity index (χ1v) is 9.72. The third kappa shape index (κ3) is 3.06. The number of rotatable bonds is 5. The van der Waals surface area contributed by atoms with Crippen LogP contribution < -0.4 is 0 Å². The molecule has 2 unspecified atom stereocenters. The van der Waals surface area contributed by atoms with Gasteiger partial charge in [-0.25, -0.2) is 0 Å². The molecular weight excluding hydrogens is 344 g/mol. The van der Waals surface area contributed by atoms with E-state index in [0.29, 0.717) is 18.8 Å². The van der Waals surface area contributed by atoms with E-state index in [4.69, 9.17) is 14.6 Å². The largest absolute Gasteiger partial charge is 0.394 e. The Labute approximate surface area is 159 Å². The quantitative estimate of drug-likeness (QED) is 0.875. The number of para-hydroxylation sites is 1. The summed E-state index contributed by atoms with van der Waals surface area (Å²) in [7, 11) is 3.70. The third-order valence-electron chi connectivity index (χ3n) is 6.42. The van der Waals surface area contributed by atoms with Crippen LogP contribution in [0.2, 0.25) is 0 Å². The second-order valence-corrected chi connectivity index (χ2v) is 7.67. The Morgan fingerprint density at radius 3 is 2.89 bits per heavy atom. The van der Waals surface area contributed by atoms with Crippen molar-refractivity contribution in [1.29, 1.82) is 0 Å². The number of carbonyl (C=O) groups excluding carboxylic acids is 1. The lowest BCUT2D eigenvalue weighted by Gasteiger charge is -2.43. The number of hydrogen-bond donors (Lipinski definition) is 1. The number of likely N-dealkylation sites (tertiary alicyclic amines) is 1. The summed E-state index contributed by atoms with van der Waals surface area (Å²) in [5.74, 6) is 0.0560. The number of aliphatic hydroxyl groups is 1. The highest BCUT2D eigenvalue weighted by Crippen LogP contribution is 2.43. The van der Waals surface area contributed by atoms with E-state index >= 15 is 0 Å². The predicted molar refractivity (Wildman–Crippen MR) is 103 cm³/mol. The Morgan fingerprint density at radius 1 is 1.33 bits per heavy atom. The number of benzene rings is 1. The fraction of sp³-hybridized carbons (Fsp3) is 0.571. The number of aliphatic hydroxyl groups excluding tert-OH is 1. The fourth-order valence-electron chi connectivity index (χ4n) is 4.92. The van der Waals surface area contributed by atoms with Crippen LogP contribution in [0.5, 0.6) is 0 Å². The number of ether oxygens (including phenoxy) is 2. The Morgan fingerprint density at radius 2 is 2.15 bits per heavy atom. The van der Waals surface area contributed by atoms with Gasteiger partial charge in [-0.3, -0.25) is 4.79 Å². The zero-order valence-corrected chi connectivity index (χ0v) is 16.1. The molecule has 1 saturated carbocycles. The lowest BCUT2D eigenvalue weighted by atomic mass is 9.79. The van der Waals surface area contributed by atoms with Crippen molar-refractivity contribution in [2.24, 2.45) is 7.05 Å². The van der Waals surface area contributed by atoms with Crippen molar-refractivity contribution in [3.63, 3.8) is 0 Å². The molecule has 0 spiro atoms. The Kier molecular flexibility index (Phi) is 4.97. The van der Waals surface area contributed by atoms with Crippen LogP contribution in [-0.2, 0) is 16.5 Å². The van der Waals surface area contributed by atoms with Crippen LogP contribution in [-0.4, -0.2) is 65.1 Å². The van der Waals surface area contributed by atoms with E-state index in [0.717, 1.165) is 36.6 Å². The minimum Gasteiger partial charge on any atom is -0.394 e. The first-order chi connectivity index (χ1) is 13.1. The zero-order valence-electron chi connectivity index (χ0n) is 16.1. The second-order valence-electron chi connectivity index (χ2n) is 7.67. The predicted octanol–water partition coefficient (Wildman–Crippen LogP) is 2.34. The van der Waals surface area contributed by atoms with Gasteiger partial charge in [-0.15, -0.1) is 0 Å². The number of fused-ring (bicyclic) bond motifs is 2. The Balaban J connectivity index is 1.62. The topological polar surface area (TPSA) is 63.9 Å². The first kappa shape index (κ1) is 18.5. The van der Waals surface area contributed by atoms with Gasteiger partial charge < -0.3 is 24.0 Å². The normalized spacial score (nSPS) is 27.9. The van der Waals surface area contributed by atoms with Crippen molar-refractivity contribution in [3.05, 3.63) is 36.0 Å². The third-order valence-corrected chi connectivity index (χ3v) is 6.42. The minimum atomic E-state index is -0.278. The van der Waals surface area contributed by atoms with Crippen LogP contribution in [0.1, 0.15) is 36.2 Å². The molecule has 0 bridgehead atoms. The van der Waals surface area contributed by atoms with E-state index in [-0.39, 0.29) is 30.3 Å². The zero-order chi connectivity index (χ0) is 19.0. The smallest absolute Gasteiger partial charge is 0.270 e. The first-order valence-electron chi connectivity index (χ1n) is 9.72. The molecule has 2 aromatic rings. The van der Waals surface area contributed by atoms with Crippen molar-refractivity contribution in [2.75, 3.05) is 26.9 Å². The fourth-order valence-corrected chi connectivity index (χ4v) is 4.92. The van der Waals surface area contributed by atoms with Crippen LogP contribution in [0.15, 0.2) is 30.3 Å². The van der Waals surface area contributed by atoms with Gasteiger partial charge in [0.25, 0.3) is 5.91 Å². The molecule has 1 amide bonds.